The van der Waals surface area contributed by atoms with Crippen LogP contribution in [0.1, 0.15) is 10.4 Å². The molecule has 0 unspecified atom stereocenters. The Balaban J connectivity index is 2.44. The van der Waals surface area contributed by atoms with Crippen molar-refractivity contribution in [3.05, 3.63) is 23.0 Å². The highest BCUT2D eigenvalue weighted by Gasteiger charge is 2.10. The smallest absolute Gasteiger partial charge is 0.253 e. The number of hydrogen-bond acceptors (Lipinski definition) is 5. The summed E-state index contributed by atoms with van der Waals surface area (Å²) in [5.41, 5.74) is 6.15. The van der Waals surface area contributed by atoms with E-state index in [1.807, 2.05) is 0 Å². The van der Waals surface area contributed by atoms with E-state index in [1.165, 1.54) is 12.3 Å². The van der Waals surface area contributed by atoms with Crippen molar-refractivity contribution in [3.63, 3.8) is 0 Å². The molecule has 0 spiro atoms. The SMILES string of the molecule is Nc1cnc(Cl)cc1C(=O)NCCOCCO. The summed E-state index contributed by atoms with van der Waals surface area (Å²) in [6.07, 6.45) is 1.33. The first kappa shape index (κ1) is 13.7. The lowest BCUT2D eigenvalue weighted by Crippen LogP contribution is -2.28. The summed E-state index contributed by atoms with van der Waals surface area (Å²) >= 11 is 5.66. The Morgan fingerprint density at radius 3 is 3.06 bits per heavy atom. The van der Waals surface area contributed by atoms with Crippen LogP contribution in [-0.2, 0) is 4.74 Å². The minimum atomic E-state index is -0.334. The summed E-state index contributed by atoms with van der Waals surface area (Å²) < 4.78 is 4.99. The molecule has 1 aromatic rings. The van der Waals surface area contributed by atoms with Crippen molar-refractivity contribution in [2.45, 2.75) is 0 Å². The molecule has 0 saturated heterocycles. The molecule has 0 aliphatic carbocycles. The van der Waals surface area contributed by atoms with Gasteiger partial charge in [0.15, 0.2) is 0 Å². The largest absolute Gasteiger partial charge is 0.397 e. The van der Waals surface area contributed by atoms with Crippen LogP contribution < -0.4 is 11.1 Å². The molecule has 94 valence electrons. The summed E-state index contributed by atoms with van der Waals surface area (Å²) in [4.78, 5) is 15.4. The molecule has 0 bridgehead atoms. The molecule has 0 fully saturated rings. The predicted octanol–water partition coefficient (Wildman–Crippen LogP) is 0.0559. The lowest BCUT2D eigenvalue weighted by Gasteiger charge is -2.07. The predicted molar refractivity (Wildman–Crippen MR) is 63.9 cm³/mol. The van der Waals surface area contributed by atoms with E-state index in [4.69, 9.17) is 27.2 Å². The fourth-order valence-electron chi connectivity index (χ4n) is 1.14. The van der Waals surface area contributed by atoms with Crippen LogP contribution in [-0.4, -0.2) is 42.4 Å². The Morgan fingerprint density at radius 1 is 1.59 bits per heavy atom. The van der Waals surface area contributed by atoms with E-state index in [0.29, 0.717) is 13.2 Å². The second kappa shape index (κ2) is 7.05. The van der Waals surface area contributed by atoms with Gasteiger partial charge in [0.25, 0.3) is 5.91 Å². The Kier molecular flexibility index (Phi) is 5.68. The van der Waals surface area contributed by atoms with Gasteiger partial charge in [0.2, 0.25) is 0 Å². The average Bonchev–Trinajstić information content (AvgIpc) is 2.32. The summed E-state index contributed by atoms with van der Waals surface area (Å²) in [7, 11) is 0. The van der Waals surface area contributed by atoms with E-state index in [-0.39, 0.29) is 35.5 Å². The minimum absolute atomic E-state index is 0.0408. The highest BCUT2D eigenvalue weighted by molar-refractivity contribution is 6.29. The number of hydrogen-bond donors (Lipinski definition) is 3. The number of halogens is 1. The van der Waals surface area contributed by atoms with Crippen molar-refractivity contribution in [2.75, 3.05) is 32.1 Å². The molecule has 0 aliphatic rings. The van der Waals surface area contributed by atoms with Gasteiger partial charge in [-0.3, -0.25) is 4.79 Å². The maximum absolute atomic E-state index is 11.7. The Hall–Kier alpha value is -1.37. The first-order valence-corrected chi connectivity index (χ1v) is 5.40. The number of ether oxygens (including phenoxy) is 1. The zero-order chi connectivity index (χ0) is 12.7. The van der Waals surface area contributed by atoms with Gasteiger partial charge in [0.05, 0.1) is 37.3 Å². The molecule has 0 saturated carbocycles. The quantitative estimate of drug-likeness (QED) is 0.496. The lowest BCUT2D eigenvalue weighted by molar-refractivity contribution is 0.0838. The van der Waals surface area contributed by atoms with Crippen LogP contribution in [0.3, 0.4) is 0 Å². The van der Waals surface area contributed by atoms with E-state index in [1.54, 1.807) is 0 Å². The van der Waals surface area contributed by atoms with E-state index in [9.17, 15) is 4.79 Å². The Labute approximate surface area is 104 Å². The van der Waals surface area contributed by atoms with Crippen molar-refractivity contribution in [3.8, 4) is 0 Å². The molecule has 7 heteroatoms. The van der Waals surface area contributed by atoms with E-state index in [2.05, 4.69) is 10.3 Å². The number of aromatic nitrogens is 1. The summed E-state index contributed by atoms with van der Waals surface area (Å²) in [6, 6.07) is 1.40. The van der Waals surface area contributed by atoms with Gasteiger partial charge < -0.3 is 20.9 Å². The van der Waals surface area contributed by atoms with Crippen LogP contribution in [0.15, 0.2) is 12.3 Å². The van der Waals surface area contributed by atoms with Crippen LogP contribution >= 0.6 is 11.6 Å². The zero-order valence-corrected chi connectivity index (χ0v) is 9.91. The molecule has 1 amide bonds. The molecule has 1 heterocycles. The molecule has 0 radical (unpaired) electrons. The maximum atomic E-state index is 11.7. The van der Waals surface area contributed by atoms with Gasteiger partial charge in [-0.05, 0) is 6.07 Å². The molecule has 4 N–H and O–H groups in total. The van der Waals surface area contributed by atoms with Crippen molar-refractivity contribution in [1.82, 2.24) is 10.3 Å². The van der Waals surface area contributed by atoms with E-state index < -0.39 is 0 Å². The number of nitrogen functional groups attached to an aromatic ring is 1. The van der Waals surface area contributed by atoms with E-state index >= 15 is 0 Å². The van der Waals surface area contributed by atoms with Gasteiger partial charge in [-0.15, -0.1) is 0 Å². The molecular weight excluding hydrogens is 246 g/mol. The number of anilines is 1. The molecular formula is C10H14ClN3O3. The average molecular weight is 260 g/mol. The first-order valence-electron chi connectivity index (χ1n) is 5.03. The number of nitrogens with one attached hydrogen (secondary N) is 1. The number of amides is 1. The number of carbonyl (C=O) groups is 1. The number of rotatable bonds is 6. The summed E-state index contributed by atoms with van der Waals surface area (Å²) in [6.45, 7) is 0.864. The van der Waals surface area contributed by atoms with Crippen LogP contribution in [0.5, 0.6) is 0 Å². The van der Waals surface area contributed by atoms with Crippen LogP contribution in [0.4, 0.5) is 5.69 Å². The molecule has 6 nitrogen and oxygen atoms in total. The van der Waals surface area contributed by atoms with Crippen LogP contribution in [0.25, 0.3) is 0 Å². The molecule has 0 aliphatic heterocycles. The number of aliphatic hydroxyl groups is 1. The fourth-order valence-corrected chi connectivity index (χ4v) is 1.29. The van der Waals surface area contributed by atoms with Gasteiger partial charge in [-0.1, -0.05) is 11.6 Å². The lowest BCUT2D eigenvalue weighted by atomic mass is 10.2. The molecule has 1 rings (SSSR count). The van der Waals surface area contributed by atoms with Crippen LogP contribution in [0.2, 0.25) is 5.15 Å². The van der Waals surface area contributed by atoms with Gasteiger partial charge in [-0.2, -0.15) is 0 Å². The zero-order valence-electron chi connectivity index (χ0n) is 9.15. The number of nitrogens with two attached hydrogens (primary N) is 1. The highest BCUT2D eigenvalue weighted by Crippen LogP contribution is 2.14. The van der Waals surface area contributed by atoms with Gasteiger partial charge >= 0.3 is 0 Å². The number of nitrogens with zero attached hydrogens (tertiary/aromatic N) is 1. The fraction of sp³-hybridized carbons (Fsp3) is 0.400. The van der Waals surface area contributed by atoms with E-state index in [0.717, 1.165) is 0 Å². The van der Waals surface area contributed by atoms with Gasteiger partial charge in [-0.25, -0.2) is 4.98 Å². The van der Waals surface area contributed by atoms with Crippen molar-refractivity contribution in [2.24, 2.45) is 0 Å². The van der Waals surface area contributed by atoms with Gasteiger partial charge in [0, 0.05) is 6.54 Å². The van der Waals surface area contributed by atoms with Crippen molar-refractivity contribution in [1.29, 1.82) is 0 Å². The highest BCUT2D eigenvalue weighted by atomic mass is 35.5. The number of pyridine rings is 1. The van der Waals surface area contributed by atoms with Crippen LogP contribution in [0, 0.1) is 0 Å². The van der Waals surface area contributed by atoms with Gasteiger partial charge in [0.1, 0.15) is 5.15 Å². The minimum Gasteiger partial charge on any atom is -0.397 e. The Morgan fingerprint density at radius 2 is 2.35 bits per heavy atom. The molecule has 0 aromatic carbocycles. The summed E-state index contributed by atoms with van der Waals surface area (Å²) in [5, 5.41) is 11.3. The number of aliphatic hydroxyl groups excluding tert-OH is 1. The monoisotopic (exact) mass is 259 g/mol. The number of carbonyl (C=O) groups excluding carboxylic acids is 1. The Bertz CT molecular complexity index is 387. The summed E-state index contributed by atoms with van der Waals surface area (Å²) in [5.74, 6) is -0.334. The molecule has 17 heavy (non-hydrogen) atoms. The topological polar surface area (TPSA) is 97.5 Å². The van der Waals surface area contributed by atoms with Crippen molar-refractivity contribution >= 4 is 23.2 Å². The third kappa shape index (κ3) is 4.56. The first-order chi connectivity index (χ1) is 8.15. The standard InChI is InChI=1S/C10H14ClN3O3/c11-9-5-7(8(12)6-14-9)10(16)13-1-3-17-4-2-15/h5-6,15H,1-4,12H2,(H,13,16). The molecule has 0 atom stereocenters. The second-order valence-corrected chi connectivity index (χ2v) is 3.57. The third-order valence-corrected chi connectivity index (χ3v) is 2.12. The maximum Gasteiger partial charge on any atom is 0.253 e. The third-order valence-electron chi connectivity index (χ3n) is 1.91. The second-order valence-electron chi connectivity index (χ2n) is 3.19. The normalized spacial score (nSPS) is 10.2. The van der Waals surface area contributed by atoms with Crippen molar-refractivity contribution < 1.29 is 14.6 Å². The molecule has 1 aromatic heterocycles.